The van der Waals surface area contributed by atoms with Crippen molar-refractivity contribution in [2.24, 2.45) is 0 Å². The van der Waals surface area contributed by atoms with Crippen LogP contribution in [0.1, 0.15) is 54.8 Å². The van der Waals surface area contributed by atoms with Crippen molar-refractivity contribution < 1.29 is 14.3 Å². The van der Waals surface area contributed by atoms with Gasteiger partial charge in [0.15, 0.2) is 0 Å². The molecule has 2 amide bonds. The van der Waals surface area contributed by atoms with E-state index in [0.717, 1.165) is 42.7 Å². The highest BCUT2D eigenvalue weighted by molar-refractivity contribution is 5.94. The third-order valence-corrected chi connectivity index (χ3v) is 5.49. The van der Waals surface area contributed by atoms with Crippen molar-refractivity contribution in [2.45, 2.75) is 51.0 Å². The lowest BCUT2D eigenvalue weighted by Crippen LogP contribution is -2.31. The highest BCUT2D eigenvalue weighted by Gasteiger charge is 2.21. The fraction of sp³-hybridized carbons (Fsp3) is 0.391. The molecule has 1 unspecified atom stereocenters. The normalized spacial score (nSPS) is 17.9. The molecule has 2 aromatic rings. The maximum Gasteiger partial charge on any atom is 0.224 e. The maximum atomic E-state index is 12.3. The van der Waals surface area contributed by atoms with Gasteiger partial charge in [0.2, 0.25) is 11.8 Å². The van der Waals surface area contributed by atoms with Crippen LogP contribution in [0.4, 0.5) is 5.69 Å². The van der Waals surface area contributed by atoms with E-state index in [-0.39, 0.29) is 17.9 Å². The van der Waals surface area contributed by atoms with Crippen LogP contribution in [-0.4, -0.2) is 18.4 Å². The van der Waals surface area contributed by atoms with Crippen LogP contribution in [0.25, 0.3) is 0 Å². The Labute approximate surface area is 165 Å². The second-order valence-corrected chi connectivity index (χ2v) is 7.53. The molecule has 28 heavy (non-hydrogen) atoms. The lowest BCUT2D eigenvalue weighted by Gasteiger charge is -2.26. The van der Waals surface area contributed by atoms with E-state index in [1.807, 2.05) is 24.3 Å². The average molecular weight is 378 g/mol. The monoisotopic (exact) mass is 378 g/mol. The highest BCUT2D eigenvalue weighted by atomic mass is 16.5. The first-order chi connectivity index (χ1) is 13.7. The lowest BCUT2D eigenvalue weighted by atomic mass is 9.87. The molecule has 2 aliphatic rings. The zero-order valence-electron chi connectivity index (χ0n) is 16.0. The van der Waals surface area contributed by atoms with Crippen LogP contribution in [0.15, 0.2) is 42.5 Å². The number of fused-ring (bicyclic) bond motifs is 2. The summed E-state index contributed by atoms with van der Waals surface area (Å²) in [7, 11) is 0. The van der Waals surface area contributed by atoms with Crippen LogP contribution >= 0.6 is 0 Å². The maximum absolute atomic E-state index is 12.3. The number of hydrogen-bond acceptors (Lipinski definition) is 3. The number of aryl methyl sites for hydroxylation is 2. The van der Waals surface area contributed by atoms with Gasteiger partial charge in [0.1, 0.15) is 5.75 Å². The molecule has 0 aromatic heterocycles. The Balaban J connectivity index is 1.23. The number of amides is 2. The summed E-state index contributed by atoms with van der Waals surface area (Å²) in [6.07, 6.45) is 5.61. The van der Waals surface area contributed by atoms with E-state index in [2.05, 4.69) is 28.8 Å². The molecule has 1 aliphatic carbocycles. The summed E-state index contributed by atoms with van der Waals surface area (Å²) in [6, 6.07) is 14.3. The lowest BCUT2D eigenvalue weighted by molar-refractivity contribution is -0.122. The fourth-order valence-corrected chi connectivity index (χ4v) is 4.04. The van der Waals surface area contributed by atoms with Crippen molar-refractivity contribution in [2.75, 3.05) is 11.9 Å². The van der Waals surface area contributed by atoms with Crippen molar-refractivity contribution in [3.8, 4) is 5.75 Å². The largest absolute Gasteiger partial charge is 0.494 e. The van der Waals surface area contributed by atoms with E-state index in [0.29, 0.717) is 25.9 Å². The number of carbonyl (C=O) groups excluding carboxylic acids is 2. The van der Waals surface area contributed by atoms with Crippen molar-refractivity contribution in [1.29, 1.82) is 0 Å². The quantitative estimate of drug-likeness (QED) is 0.749. The van der Waals surface area contributed by atoms with Crippen molar-refractivity contribution in [1.82, 2.24) is 5.32 Å². The second kappa shape index (κ2) is 8.46. The van der Waals surface area contributed by atoms with Gasteiger partial charge in [-0.15, -0.1) is 0 Å². The number of rotatable bonds is 6. The molecular formula is C23H26N2O3. The van der Waals surface area contributed by atoms with Crippen molar-refractivity contribution in [3.05, 3.63) is 59.2 Å². The minimum Gasteiger partial charge on any atom is -0.494 e. The van der Waals surface area contributed by atoms with Crippen LogP contribution in [0.5, 0.6) is 5.75 Å². The van der Waals surface area contributed by atoms with Crippen molar-refractivity contribution in [3.63, 3.8) is 0 Å². The molecule has 1 aliphatic heterocycles. The minimum atomic E-state index is 0.0628. The van der Waals surface area contributed by atoms with E-state index in [4.69, 9.17) is 4.74 Å². The SMILES string of the molecule is O=C1CCc2cc(OCCCC(=O)NC3CCCc4ccccc43)ccc2N1. The molecular weight excluding hydrogens is 352 g/mol. The Hall–Kier alpha value is -2.82. The van der Waals surface area contributed by atoms with Crippen LogP contribution in [0.3, 0.4) is 0 Å². The summed E-state index contributed by atoms with van der Waals surface area (Å²) >= 11 is 0. The molecule has 5 nitrogen and oxygen atoms in total. The first-order valence-corrected chi connectivity index (χ1v) is 10.1. The summed E-state index contributed by atoms with van der Waals surface area (Å²) in [5.74, 6) is 0.933. The number of carbonyl (C=O) groups is 2. The van der Waals surface area contributed by atoms with Gasteiger partial charge >= 0.3 is 0 Å². The summed E-state index contributed by atoms with van der Waals surface area (Å²) in [6.45, 7) is 0.500. The van der Waals surface area contributed by atoms with E-state index in [1.165, 1.54) is 11.1 Å². The average Bonchev–Trinajstić information content (AvgIpc) is 2.71. The van der Waals surface area contributed by atoms with Crippen molar-refractivity contribution >= 4 is 17.5 Å². The van der Waals surface area contributed by atoms with Crippen LogP contribution in [-0.2, 0) is 22.4 Å². The van der Waals surface area contributed by atoms with Crippen LogP contribution < -0.4 is 15.4 Å². The fourth-order valence-electron chi connectivity index (χ4n) is 4.04. The van der Waals surface area contributed by atoms with Crippen LogP contribution in [0.2, 0.25) is 0 Å². The van der Waals surface area contributed by atoms with Gasteiger partial charge in [0.25, 0.3) is 0 Å². The van der Waals surface area contributed by atoms with Gasteiger partial charge in [0, 0.05) is 18.5 Å². The van der Waals surface area contributed by atoms with E-state index >= 15 is 0 Å². The zero-order valence-corrected chi connectivity index (χ0v) is 16.0. The van der Waals surface area contributed by atoms with Gasteiger partial charge in [0.05, 0.1) is 12.6 Å². The smallest absolute Gasteiger partial charge is 0.224 e. The Morgan fingerprint density at radius 1 is 1.11 bits per heavy atom. The molecule has 0 fully saturated rings. The predicted octanol–water partition coefficient (Wildman–Crippen LogP) is 3.92. The van der Waals surface area contributed by atoms with Gasteiger partial charge in [-0.05, 0) is 67.0 Å². The molecule has 1 heterocycles. The van der Waals surface area contributed by atoms with Gasteiger partial charge in [-0.3, -0.25) is 9.59 Å². The standard InChI is InChI=1S/C23H26N2O3/c26-22(25-21-8-3-6-16-5-1-2-7-19(16)21)9-4-14-28-18-11-12-20-17(15-18)10-13-23(27)24-20/h1-2,5,7,11-12,15,21H,3-4,6,8-10,13-14H2,(H,24,27)(H,25,26). The topological polar surface area (TPSA) is 67.4 Å². The summed E-state index contributed by atoms with van der Waals surface area (Å²) < 4.78 is 5.80. The highest BCUT2D eigenvalue weighted by Crippen LogP contribution is 2.29. The first kappa shape index (κ1) is 18.5. The van der Waals surface area contributed by atoms with E-state index in [9.17, 15) is 9.59 Å². The van der Waals surface area contributed by atoms with E-state index in [1.54, 1.807) is 0 Å². The van der Waals surface area contributed by atoms with Gasteiger partial charge in [-0.1, -0.05) is 24.3 Å². The first-order valence-electron chi connectivity index (χ1n) is 10.1. The third-order valence-electron chi connectivity index (χ3n) is 5.49. The third kappa shape index (κ3) is 4.35. The van der Waals surface area contributed by atoms with Crippen LogP contribution in [0, 0.1) is 0 Å². The molecule has 0 spiro atoms. The molecule has 0 saturated carbocycles. The number of hydrogen-bond donors (Lipinski definition) is 2. The summed E-state index contributed by atoms with van der Waals surface area (Å²) in [5, 5.41) is 6.05. The molecule has 0 saturated heterocycles. The molecule has 4 rings (SSSR count). The predicted molar refractivity (Wildman–Crippen MR) is 108 cm³/mol. The van der Waals surface area contributed by atoms with Gasteiger partial charge < -0.3 is 15.4 Å². The molecule has 1 atom stereocenters. The number of anilines is 1. The number of nitrogens with one attached hydrogen (secondary N) is 2. The molecule has 2 aromatic carbocycles. The summed E-state index contributed by atoms with van der Waals surface area (Å²) in [5.41, 5.74) is 4.59. The van der Waals surface area contributed by atoms with Gasteiger partial charge in [-0.25, -0.2) is 0 Å². The molecule has 146 valence electrons. The molecule has 0 bridgehead atoms. The summed E-state index contributed by atoms with van der Waals surface area (Å²) in [4.78, 5) is 23.8. The Morgan fingerprint density at radius 2 is 2.00 bits per heavy atom. The number of ether oxygens (including phenoxy) is 1. The van der Waals surface area contributed by atoms with Gasteiger partial charge in [-0.2, -0.15) is 0 Å². The molecule has 5 heteroatoms. The Morgan fingerprint density at radius 3 is 2.93 bits per heavy atom. The Bertz CT molecular complexity index is 878. The molecule has 0 radical (unpaired) electrons. The zero-order chi connectivity index (χ0) is 19.3. The minimum absolute atomic E-state index is 0.0628. The number of benzene rings is 2. The second-order valence-electron chi connectivity index (χ2n) is 7.53. The van der Waals surface area contributed by atoms with E-state index < -0.39 is 0 Å². The molecule has 2 N–H and O–H groups in total. The Kier molecular flexibility index (Phi) is 5.60.